The van der Waals surface area contributed by atoms with E-state index in [1.54, 1.807) is 0 Å². The smallest absolute Gasteiger partial charge is 0.222 e. The summed E-state index contributed by atoms with van der Waals surface area (Å²) in [5.41, 5.74) is 7.33. The molecule has 3 aliphatic rings. The third-order valence-corrected chi connectivity index (χ3v) is 16.9. The van der Waals surface area contributed by atoms with Gasteiger partial charge < -0.3 is 142 Å². The molecule has 41 nitrogen and oxygen atoms in total. The van der Waals surface area contributed by atoms with Gasteiger partial charge in [-0.05, 0) is 76.2 Å². The molecule has 0 saturated carbocycles. The fourth-order valence-electron chi connectivity index (χ4n) is 11.2. The van der Waals surface area contributed by atoms with Crippen LogP contribution in [0.1, 0.15) is 136 Å². The lowest BCUT2D eigenvalue weighted by Gasteiger charge is -2.42. The van der Waals surface area contributed by atoms with Gasteiger partial charge in [0.1, 0.15) is 72.5 Å². The number of carbonyl (C=O) groups excluding carboxylic acids is 10. The number of hydrogen-bond acceptors (Lipinski definition) is 29. The molecule has 614 valence electrons. The van der Waals surface area contributed by atoms with Gasteiger partial charge in [0, 0.05) is 143 Å². The van der Waals surface area contributed by atoms with E-state index in [-0.39, 0.29) is 187 Å². The van der Waals surface area contributed by atoms with Crippen molar-refractivity contribution in [2.24, 2.45) is 5.11 Å². The van der Waals surface area contributed by atoms with Gasteiger partial charge in [0.2, 0.25) is 59.1 Å². The number of carbonyl (C=O) groups is 10. The van der Waals surface area contributed by atoms with E-state index in [9.17, 15) is 93.9 Å². The quantitative estimate of drug-likeness (QED) is 0.0117. The van der Waals surface area contributed by atoms with Crippen molar-refractivity contribution < 1.29 is 137 Å². The maximum Gasteiger partial charge on any atom is 0.222 e. The van der Waals surface area contributed by atoms with E-state index in [0.29, 0.717) is 57.8 Å². The predicted octanol–water partition coefficient (Wildman–Crippen LogP) is -6.20. The van der Waals surface area contributed by atoms with Crippen LogP contribution >= 0.6 is 0 Å². The Bertz CT molecular complexity index is 2590. The number of nitrogens with zero attached hydrogens (tertiary/aromatic N) is 3. The van der Waals surface area contributed by atoms with Crippen LogP contribution < -0.4 is 53.2 Å². The molecule has 0 bridgehead atoms. The van der Waals surface area contributed by atoms with Gasteiger partial charge in [0.25, 0.3) is 0 Å². The minimum Gasteiger partial charge on any atom is -0.396 e. The van der Waals surface area contributed by atoms with Gasteiger partial charge in [0.15, 0.2) is 18.9 Å². The molecule has 10 amide bonds. The molecular formula is C66H117N13O28. The van der Waals surface area contributed by atoms with Gasteiger partial charge in [-0.3, -0.25) is 47.9 Å². The molecule has 19 N–H and O–H groups in total. The highest BCUT2D eigenvalue weighted by Gasteiger charge is 2.48. The Hall–Kier alpha value is -6.71. The summed E-state index contributed by atoms with van der Waals surface area (Å²) in [5, 5.41) is 121. The summed E-state index contributed by atoms with van der Waals surface area (Å²) < 4.78 is 51.9. The highest BCUT2D eigenvalue weighted by molar-refractivity contribution is 5.79. The summed E-state index contributed by atoms with van der Waals surface area (Å²) in [7, 11) is 0. The minimum absolute atomic E-state index is 0.0105. The number of ether oxygens (including phenoxy) is 9. The topological polar surface area (TPSA) is 605 Å². The molecule has 0 unspecified atom stereocenters. The standard InChI is InChI=1S/C66H117N13O28/c1-41(83)75-54-60(96)57(93)44(18-29-80)105-63(54)102-30-7-4-14-47(86)68-22-11-25-71-50(89)19-33-99-38-66(78-53(92)17-10-28-74-79-67,39-100-34-20-51(90)72-26-12-23-69-48(87)15-5-8-31-103-64-55(76-42(2)84)61(97)58(94)45(36-81)106-64)40-101-35-21-52(91)73-27-13-24-70-49(88)16-6-9-32-104-65-56(77-43(3)85)62(98)59(95)46(37-82)107-65/h44-46,54-65,80-82,93-98H,4-40H2,1-3H3,(H,68,86)(H,69,87)(H,70,88)(H,71,89)(H,72,90)(H,73,91)(H,75,83)(H,76,84)(H,77,85)(H,78,92)/t44-,45-,46-,54-,55-,56-,57+,58+,59+,60-,61-,62-,63-,64-,65-/m1/s1. The molecule has 41 heteroatoms. The maximum absolute atomic E-state index is 13.5. The number of aliphatic hydroxyl groups is 9. The van der Waals surface area contributed by atoms with Crippen LogP contribution in [0.2, 0.25) is 0 Å². The van der Waals surface area contributed by atoms with E-state index >= 15 is 0 Å². The summed E-state index contributed by atoms with van der Waals surface area (Å²) in [4.78, 5) is 128. The van der Waals surface area contributed by atoms with Crippen LogP contribution in [0.15, 0.2) is 5.11 Å². The molecule has 3 rings (SSSR count). The first-order valence-corrected chi connectivity index (χ1v) is 36.5. The number of nitrogens with one attached hydrogen (secondary N) is 10. The van der Waals surface area contributed by atoms with Crippen LogP contribution in [-0.2, 0) is 90.6 Å². The lowest BCUT2D eigenvalue weighted by Crippen LogP contribution is -2.64. The molecular weight excluding hydrogens is 1420 g/mol. The van der Waals surface area contributed by atoms with Gasteiger partial charge in [-0.25, -0.2) is 0 Å². The van der Waals surface area contributed by atoms with Gasteiger partial charge in [-0.15, -0.1) is 0 Å². The average molecular weight is 1540 g/mol. The molecule has 3 heterocycles. The lowest BCUT2D eigenvalue weighted by atomic mass is 9.95. The third-order valence-electron chi connectivity index (χ3n) is 16.9. The molecule has 0 spiro atoms. The monoisotopic (exact) mass is 1540 g/mol. The zero-order valence-electron chi connectivity index (χ0n) is 61.4. The number of aliphatic hydroxyl groups excluding tert-OH is 9. The summed E-state index contributed by atoms with van der Waals surface area (Å²) in [5.74, 6) is -3.95. The van der Waals surface area contributed by atoms with Gasteiger partial charge in [-0.1, -0.05) is 5.11 Å². The molecule has 3 saturated heterocycles. The second-order valence-electron chi connectivity index (χ2n) is 26.1. The molecule has 107 heavy (non-hydrogen) atoms. The van der Waals surface area contributed by atoms with Crippen LogP contribution in [0.25, 0.3) is 10.4 Å². The van der Waals surface area contributed by atoms with Crippen LogP contribution in [0, 0.1) is 0 Å². The summed E-state index contributed by atoms with van der Waals surface area (Å²) in [6, 6.07) is -3.26. The van der Waals surface area contributed by atoms with Crippen molar-refractivity contribution in [3.05, 3.63) is 10.4 Å². The van der Waals surface area contributed by atoms with Gasteiger partial charge in [-0.2, -0.15) is 0 Å². The summed E-state index contributed by atoms with van der Waals surface area (Å²) in [6.07, 6.45) is -11.6. The number of rotatable bonds is 57. The van der Waals surface area contributed by atoms with Crippen molar-refractivity contribution in [1.82, 2.24) is 53.2 Å². The molecule has 0 radical (unpaired) electrons. The van der Waals surface area contributed by atoms with Crippen molar-refractivity contribution >= 4 is 59.1 Å². The molecule has 0 aliphatic carbocycles. The second kappa shape index (κ2) is 54.8. The fraction of sp³-hybridized carbons (Fsp3) is 0.848. The van der Waals surface area contributed by atoms with Crippen LogP contribution in [0.3, 0.4) is 0 Å². The number of unbranched alkanes of at least 4 members (excludes halogenated alkanes) is 3. The first-order valence-electron chi connectivity index (χ1n) is 36.5. The zero-order valence-corrected chi connectivity index (χ0v) is 61.4. The Morgan fingerprint density at radius 1 is 0.393 bits per heavy atom. The Kier molecular flexibility index (Phi) is 48.4. The van der Waals surface area contributed by atoms with E-state index in [1.807, 2.05) is 0 Å². The Morgan fingerprint density at radius 3 is 0.991 bits per heavy atom. The van der Waals surface area contributed by atoms with Gasteiger partial charge >= 0.3 is 0 Å². The third kappa shape index (κ3) is 39.0. The van der Waals surface area contributed by atoms with Crippen LogP contribution in [0.4, 0.5) is 0 Å². The van der Waals surface area contributed by atoms with Gasteiger partial charge in [0.05, 0.1) is 59.0 Å². The average Bonchev–Trinajstić information content (AvgIpc) is 0.819. The number of amides is 10. The van der Waals surface area contributed by atoms with Crippen molar-refractivity contribution in [2.45, 2.75) is 234 Å². The zero-order chi connectivity index (χ0) is 78.9. The Labute approximate surface area is 621 Å². The molecule has 15 atom stereocenters. The maximum atomic E-state index is 13.5. The summed E-state index contributed by atoms with van der Waals surface area (Å²) >= 11 is 0. The number of azide groups is 1. The molecule has 3 aliphatic heterocycles. The second-order valence-corrected chi connectivity index (χ2v) is 26.1. The molecule has 0 aromatic rings. The highest BCUT2D eigenvalue weighted by atomic mass is 16.7. The van der Waals surface area contributed by atoms with Crippen LogP contribution in [-0.4, -0.2) is 328 Å². The van der Waals surface area contributed by atoms with E-state index in [2.05, 4.69) is 63.2 Å². The number of hydrogen-bond donors (Lipinski definition) is 19. The molecule has 0 aromatic carbocycles. The van der Waals surface area contributed by atoms with Crippen molar-refractivity contribution in [3.63, 3.8) is 0 Å². The highest BCUT2D eigenvalue weighted by Crippen LogP contribution is 2.27. The lowest BCUT2D eigenvalue weighted by molar-refractivity contribution is -0.270. The molecule has 0 aromatic heterocycles. The van der Waals surface area contributed by atoms with E-state index in [1.165, 1.54) is 20.8 Å². The van der Waals surface area contributed by atoms with E-state index in [4.69, 9.17) is 48.2 Å². The normalized spacial score (nSPS) is 24.2. The van der Waals surface area contributed by atoms with E-state index < -0.39 is 152 Å². The first-order chi connectivity index (χ1) is 51.3. The SMILES string of the molecule is CC(=O)N[C@H]1[C@H](OCCCCC(=O)NCCCNC(=O)CCOCC(COCCC(=O)NCCCNC(=O)CCCCO[C@@H]2O[C@H](CO)[C@H](O)[C@H](O)[C@H]2NC(C)=O)(COCCC(=O)NCCCNC(=O)CCCCO[C@@H]2O[C@H](CCO)[C@H](O)[C@H](O)[C@H]2NC(C)=O)NC(=O)CCCN=[N+]=[N-])O[C@H](CO)[C@H](O)[C@@H]1O. The first kappa shape index (κ1) is 94.5. The van der Waals surface area contributed by atoms with Crippen molar-refractivity contribution in [2.75, 3.05) is 125 Å². The predicted molar refractivity (Wildman–Crippen MR) is 372 cm³/mol. The largest absolute Gasteiger partial charge is 0.396 e. The Balaban J connectivity index is 1.49. The molecule has 3 fully saturated rings. The minimum atomic E-state index is -1.48. The van der Waals surface area contributed by atoms with Crippen molar-refractivity contribution in [3.8, 4) is 0 Å². The summed E-state index contributed by atoms with van der Waals surface area (Å²) in [6.45, 7) is 2.38. The Morgan fingerprint density at radius 2 is 0.692 bits per heavy atom. The van der Waals surface area contributed by atoms with Crippen LogP contribution in [0.5, 0.6) is 0 Å². The van der Waals surface area contributed by atoms with Crippen molar-refractivity contribution in [1.29, 1.82) is 0 Å². The fourth-order valence-corrected chi connectivity index (χ4v) is 11.2. The van der Waals surface area contributed by atoms with E-state index in [0.717, 1.165) is 0 Å².